The summed E-state index contributed by atoms with van der Waals surface area (Å²) in [5.74, 6) is 1.31. The number of rotatable bonds is 3. The smallest absolute Gasteiger partial charge is 0.224 e. The maximum atomic E-state index is 6.12. The van der Waals surface area contributed by atoms with Crippen molar-refractivity contribution in [2.75, 3.05) is 17.7 Å². The highest BCUT2D eigenvalue weighted by Crippen LogP contribution is 2.29. The quantitative estimate of drug-likeness (QED) is 0.699. The number of halogens is 2. The van der Waals surface area contributed by atoms with Gasteiger partial charge in [-0.1, -0.05) is 23.7 Å². The fourth-order valence-electron chi connectivity index (χ4n) is 1.99. The molecule has 0 aliphatic heterocycles. The molecule has 21 heavy (non-hydrogen) atoms. The van der Waals surface area contributed by atoms with Crippen LogP contribution in [-0.4, -0.2) is 17.0 Å². The Hall–Kier alpha value is -1.85. The van der Waals surface area contributed by atoms with Crippen LogP contribution in [-0.2, 0) is 0 Å². The molecule has 3 rings (SSSR count). The van der Waals surface area contributed by atoms with E-state index in [1.54, 1.807) is 7.05 Å². The molecule has 0 fully saturated rings. The monoisotopic (exact) mass is 362 g/mol. The van der Waals surface area contributed by atoms with Gasteiger partial charge in [0.15, 0.2) is 0 Å². The Morgan fingerprint density at radius 3 is 2.67 bits per heavy atom. The van der Waals surface area contributed by atoms with Gasteiger partial charge in [0, 0.05) is 22.6 Å². The largest absolute Gasteiger partial charge is 0.357 e. The molecule has 0 saturated carbocycles. The van der Waals surface area contributed by atoms with Crippen LogP contribution < -0.4 is 10.6 Å². The van der Waals surface area contributed by atoms with Gasteiger partial charge in [0.1, 0.15) is 5.82 Å². The molecule has 0 bridgehead atoms. The summed E-state index contributed by atoms with van der Waals surface area (Å²) in [4.78, 5) is 8.91. The predicted octanol–water partition coefficient (Wildman–Crippen LogP) is 4.83. The fraction of sp³-hybridized carbons (Fsp3) is 0.0667. The minimum atomic E-state index is 0.569. The van der Waals surface area contributed by atoms with Gasteiger partial charge in [-0.15, -0.1) is 0 Å². The van der Waals surface area contributed by atoms with E-state index in [0.29, 0.717) is 11.0 Å². The first-order valence-electron chi connectivity index (χ1n) is 6.34. The number of hydrogen-bond acceptors (Lipinski definition) is 4. The molecule has 0 aliphatic rings. The zero-order chi connectivity index (χ0) is 14.8. The van der Waals surface area contributed by atoms with Crippen molar-refractivity contribution < 1.29 is 0 Å². The summed E-state index contributed by atoms with van der Waals surface area (Å²) < 4.78 is 0.859. The van der Waals surface area contributed by atoms with E-state index < -0.39 is 0 Å². The summed E-state index contributed by atoms with van der Waals surface area (Å²) in [5.41, 5.74) is 1.75. The van der Waals surface area contributed by atoms with E-state index in [9.17, 15) is 0 Å². The third kappa shape index (κ3) is 2.94. The van der Waals surface area contributed by atoms with Crippen molar-refractivity contribution in [1.82, 2.24) is 9.97 Å². The lowest BCUT2D eigenvalue weighted by molar-refractivity contribution is 1.19. The number of nitrogens with one attached hydrogen (secondary N) is 2. The highest BCUT2D eigenvalue weighted by molar-refractivity contribution is 9.10. The molecule has 0 amide bonds. The van der Waals surface area contributed by atoms with Crippen molar-refractivity contribution in [3.63, 3.8) is 0 Å². The third-order valence-corrected chi connectivity index (χ3v) is 4.24. The molecule has 0 spiro atoms. The normalized spacial score (nSPS) is 10.6. The molecule has 0 radical (unpaired) electrons. The molecule has 3 aromatic rings. The summed E-state index contributed by atoms with van der Waals surface area (Å²) in [6.45, 7) is 0. The zero-order valence-electron chi connectivity index (χ0n) is 11.2. The maximum Gasteiger partial charge on any atom is 0.224 e. The average Bonchev–Trinajstić information content (AvgIpc) is 2.51. The lowest BCUT2D eigenvalue weighted by Gasteiger charge is -2.11. The Morgan fingerprint density at radius 2 is 1.90 bits per heavy atom. The average molecular weight is 364 g/mol. The van der Waals surface area contributed by atoms with Gasteiger partial charge >= 0.3 is 0 Å². The summed E-state index contributed by atoms with van der Waals surface area (Å²) in [7, 11) is 1.80. The Labute approximate surface area is 135 Å². The molecule has 106 valence electrons. The molecule has 4 nitrogen and oxygen atoms in total. The van der Waals surface area contributed by atoms with E-state index in [0.717, 1.165) is 26.9 Å². The number of hydrogen-bond donors (Lipinski definition) is 2. The van der Waals surface area contributed by atoms with Gasteiger partial charge in [-0.3, -0.25) is 0 Å². The maximum absolute atomic E-state index is 6.12. The number of para-hydroxylation sites is 1. The van der Waals surface area contributed by atoms with Crippen LogP contribution in [0.15, 0.2) is 46.9 Å². The van der Waals surface area contributed by atoms with Crippen molar-refractivity contribution in [2.45, 2.75) is 0 Å². The molecule has 6 heteroatoms. The minimum absolute atomic E-state index is 0.569. The second kappa shape index (κ2) is 5.87. The first kappa shape index (κ1) is 14.1. The summed E-state index contributed by atoms with van der Waals surface area (Å²) in [6, 6.07) is 13.5. The van der Waals surface area contributed by atoms with Gasteiger partial charge in [-0.25, -0.2) is 4.98 Å². The van der Waals surface area contributed by atoms with Crippen LogP contribution in [0.2, 0.25) is 5.02 Å². The zero-order valence-corrected chi connectivity index (χ0v) is 13.5. The fourth-order valence-corrected chi connectivity index (χ4v) is 2.42. The summed E-state index contributed by atoms with van der Waals surface area (Å²) in [5, 5.41) is 7.86. The summed E-state index contributed by atoms with van der Waals surface area (Å²) in [6.07, 6.45) is 0. The van der Waals surface area contributed by atoms with E-state index in [2.05, 4.69) is 36.5 Å². The second-order valence-corrected chi connectivity index (χ2v) is 5.68. The molecule has 0 saturated heterocycles. The Bertz CT molecular complexity index is 807. The molecule has 2 N–H and O–H groups in total. The standard InChI is InChI=1S/C15H12BrClN4/c1-18-15-20-13-5-3-2-4-10(13)14(21-15)19-9-6-7-11(16)12(17)8-9/h2-8H,1H3,(H2,18,19,20,21). The van der Waals surface area contributed by atoms with Crippen molar-refractivity contribution in [3.8, 4) is 0 Å². The van der Waals surface area contributed by atoms with Gasteiger partial charge in [-0.2, -0.15) is 4.98 Å². The Morgan fingerprint density at radius 1 is 1.10 bits per heavy atom. The van der Waals surface area contributed by atoms with Crippen LogP contribution in [0.3, 0.4) is 0 Å². The van der Waals surface area contributed by atoms with Crippen molar-refractivity contribution in [2.24, 2.45) is 0 Å². The number of nitrogens with zero attached hydrogens (tertiary/aromatic N) is 2. The first-order chi connectivity index (χ1) is 10.2. The molecule has 0 atom stereocenters. The highest BCUT2D eigenvalue weighted by Gasteiger charge is 2.07. The van der Waals surface area contributed by atoms with Crippen molar-refractivity contribution in [3.05, 3.63) is 52.0 Å². The minimum Gasteiger partial charge on any atom is -0.357 e. The van der Waals surface area contributed by atoms with E-state index >= 15 is 0 Å². The summed E-state index contributed by atoms with van der Waals surface area (Å²) >= 11 is 9.51. The van der Waals surface area contributed by atoms with E-state index in [1.807, 2.05) is 42.5 Å². The van der Waals surface area contributed by atoms with Crippen LogP contribution >= 0.6 is 27.5 Å². The van der Waals surface area contributed by atoms with Gasteiger partial charge in [0.2, 0.25) is 5.95 Å². The molecule has 1 aromatic heterocycles. The van der Waals surface area contributed by atoms with Gasteiger partial charge < -0.3 is 10.6 Å². The van der Waals surface area contributed by atoms with E-state index in [4.69, 9.17) is 11.6 Å². The van der Waals surface area contributed by atoms with Crippen LogP contribution in [0.4, 0.5) is 17.5 Å². The number of benzene rings is 2. The number of anilines is 3. The second-order valence-electron chi connectivity index (χ2n) is 4.42. The highest BCUT2D eigenvalue weighted by atomic mass is 79.9. The van der Waals surface area contributed by atoms with Crippen LogP contribution in [0.25, 0.3) is 10.9 Å². The number of aromatic nitrogens is 2. The topological polar surface area (TPSA) is 49.8 Å². The molecular formula is C15H12BrClN4. The Balaban J connectivity index is 2.08. The van der Waals surface area contributed by atoms with Gasteiger partial charge in [-0.05, 0) is 46.3 Å². The molecule has 2 aromatic carbocycles. The van der Waals surface area contributed by atoms with Crippen LogP contribution in [0, 0.1) is 0 Å². The van der Waals surface area contributed by atoms with Crippen LogP contribution in [0.5, 0.6) is 0 Å². The van der Waals surface area contributed by atoms with Gasteiger partial charge in [0.25, 0.3) is 0 Å². The lowest BCUT2D eigenvalue weighted by Crippen LogP contribution is -2.01. The van der Waals surface area contributed by atoms with Gasteiger partial charge in [0.05, 0.1) is 10.5 Å². The van der Waals surface area contributed by atoms with Crippen molar-refractivity contribution in [1.29, 1.82) is 0 Å². The molecule has 1 heterocycles. The van der Waals surface area contributed by atoms with Crippen molar-refractivity contribution >= 4 is 55.9 Å². The molecular weight excluding hydrogens is 352 g/mol. The van der Waals surface area contributed by atoms with Crippen LogP contribution in [0.1, 0.15) is 0 Å². The predicted molar refractivity (Wildman–Crippen MR) is 91.5 cm³/mol. The first-order valence-corrected chi connectivity index (χ1v) is 7.51. The third-order valence-electron chi connectivity index (χ3n) is 3.01. The Kier molecular flexibility index (Phi) is 3.94. The number of fused-ring (bicyclic) bond motifs is 1. The SMILES string of the molecule is CNc1nc(Nc2ccc(Br)c(Cl)c2)c2ccccc2n1. The molecule has 0 unspecified atom stereocenters. The van der Waals surface area contributed by atoms with E-state index in [-0.39, 0.29) is 0 Å². The lowest BCUT2D eigenvalue weighted by atomic mass is 10.2. The molecule has 0 aliphatic carbocycles. The van der Waals surface area contributed by atoms with E-state index in [1.165, 1.54) is 0 Å².